The fraction of sp³-hybridized carbons (Fsp3) is 0. The number of thiazole rings is 1. The third kappa shape index (κ3) is 2.40. The minimum Gasteiger partial charge on any atom is -0.398 e. The van der Waals surface area contributed by atoms with Gasteiger partial charge < -0.3 is 5.73 Å². The zero-order chi connectivity index (χ0) is 11.5. The number of carbonyl (C=O) groups is 1. The predicted octanol–water partition coefficient (Wildman–Crippen LogP) is 2.74. The first-order chi connectivity index (χ1) is 7.66. The molecule has 0 unspecified atom stereocenters. The van der Waals surface area contributed by atoms with Crippen molar-refractivity contribution < 1.29 is 4.79 Å². The van der Waals surface area contributed by atoms with Crippen molar-refractivity contribution in [3.8, 4) is 0 Å². The lowest BCUT2D eigenvalue weighted by molar-refractivity contribution is 0.102. The molecule has 82 valence electrons. The molecule has 0 fully saturated rings. The smallest absolute Gasteiger partial charge is 0.259 e. The number of nitrogens with zero attached hydrogens (tertiary/aromatic N) is 1. The van der Waals surface area contributed by atoms with Gasteiger partial charge in [0, 0.05) is 11.1 Å². The van der Waals surface area contributed by atoms with E-state index in [1.807, 2.05) is 0 Å². The van der Waals surface area contributed by atoms with Crippen molar-refractivity contribution in [3.05, 3.63) is 39.8 Å². The maximum absolute atomic E-state index is 11.8. The van der Waals surface area contributed by atoms with Crippen LogP contribution in [-0.2, 0) is 0 Å². The number of halogens is 1. The Hall–Kier alpha value is -1.40. The van der Waals surface area contributed by atoms with Crippen molar-refractivity contribution in [2.24, 2.45) is 0 Å². The van der Waals surface area contributed by atoms with Gasteiger partial charge in [0.25, 0.3) is 5.91 Å². The van der Waals surface area contributed by atoms with Gasteiger partial charge in [-0.3, -0.25) is 10.1 Å². The van der Waals surface area contributed by atoms with Gasteiger partial charge in [0.05, 0.1) is 5.56 Å². The van der Waals surface area contributed by atoms with Gasteiger partial charge in [-0.05, 0) is 28.1 Å². The van der Waals surface area contributed by atoms with Crippen LogP contribution in [0, 0.1) is 0 Å². The average Bonchev–Trinajstić information content (AvgIpc) is 2.64. The largest absolute Gasteiger partial charge is 0.398 e. The number of nitrogens with one attached hydrogen (secondary N) is 1. The second kappa shape index (κ2) is 4.63. The van der Waals surface area contributed by atoms with E-state index in [-0.39, 0.29) is 5.91 Å². The summed E-state index contributed by atoms with van der Waals surface area (Å²) in [5.41, 5.74) is 6.60. The first-order valence-electron chi connectivity index (χ1n) is 4.43. The van der Waals surface area contributed by atoms with Gasteiger partial charge in [-0.25, -0.2) is 4.98 Å². The molecule has 2 aromatic rings. The Morgan fingerprint density at radius 3 is 2.81 bits per heavy atom. The number of carbonyl (C=O) groups excluding carboxylic acids is 1. The van der Waals surface area contributed by atoms with Crippen LogP contribution in [0.3, 0.4) is 0 Å². The number of nitrogen functional groups attached to an aromatic ring is 1. The lowest BCUT2D eigenvalue weighted by Crippen LogP contribution is -2.13. The quantitative estimate of drug-likeness (QED) is 0.838. The molecule has 1 heterocycles. The summed E-state index contributed by atoms with van der Waals surface area (Å²) in [6, 6.07) is 6.91. The van der Waals surface area contributed by atoms with Crippen LogP contribution >= 0.6 is 27.3 Å². The molecule has 3 N–H and O–H groups in total. The number of benzene rings is 1. The third-order valence-corrected chi connectivity index (χ3v) is 3.37. The Bertz CT molecular complexity index is 526. The molecular weight excluding hydrogens is 290 g/mol. The van der Waals surface area contributed by atoms with Crippen LogP contribution in [-0.4, -0.2) is 10.9 Å². The normalized spacial score (nSPS) is 10.1. The average molecular weight is 298 g/mol. The van der Waals surface area contributed by atoms with Crippen LogP contribution in [0.4, 0.5) is 10.8 Å². The number of amides is 1. The molecule has 0 radical (unpaired) electrons. The van der Waals surface area contributed by atoms with E-state index in [1.165, 1.54) is 11.3 Å². The van der Waals surface area contributed by atoms with Crippen molar-refractivity contribution in [2.75, 3.05) is 11.1 Å². The molecule has 0 atom stereocenters. The number of rotatable bonds is 2. The topological polar surface area (TPSA) is 68.0 Å². The van der Waals surface area contributed by atoms with Gasteiger partial charge in [-0.15, -0.1) is 11.3 Å². The van der Waals surface area contributed by atoms with E-state index in [0.717, 1.165) is 0 Å². The second-order valence-corrected chi connectivity index (χ2v) is 4.69. The second-order valence-electron chi connectivity index (χ2n) is 3.02. The standard InChI is InChI=1S/C10H8BrN3OS/c11-8-5-16-10(13-8)14-9(15)6-3-1-2-4-7(6)12/h1-5H,12H2,(H,13,14,15). The minimum atomic E-state index is -0.250. The molecule has 4 nitrogen and oxygen atoms in total. The maximum Gasteiger partial charge on any atom is 0.259 e. The Labute approximate surface area is 105 Å². The number of aromatic nitrogens is 1. The number of hydrogen-bond acceptors (Lipinski definition) is 4. The van der Waals surface area contributed by atoms with Gasteiger partial charge >= 0.3 is 0 Å². The first kappa shape index (κ1) is 11.1. The van der Waals surface area contributed by atoms with E-state index in [4.69, 9.17) is 5.73 Å². The summed E-state index contributed by atoms with van der Waals surface area (Å²) >= 11 is 4.56. The molecule has 6 heteroatoms. The van der Waals surface area contributed by atoms with Crippen LogP contribution in [0.1, 0.15) is 10.4 Å². The molecular formula is C10H8BrN3OS. The number of nitrogens with two attached hydrogens (primary N) is 1. The van der Waals surface area contributed by atoms with Gasteiger partial charge in [0.2, 0.25) is 0 Å². The zero-order valence-corrected chi connectivity index (χ0v) is 10.5. The van der Waals surface area contributed by atoms with Gasteiger partial charge in [-0.2, -0.15) is 0 Å². The molecule has 0 saturated heterocycles. The highest BCUT2D eigenvalue weighted by molar-refractivity contribution is 9.10. The van der Waals surface area contributed by atoms with Crippen LogP contribution in [0.2, 0.25) is 0 Å². The van der Waals surface area contributed by atoms with E-state index in [1.54, 1.807) is 29.6 Å². The Balaban J connectivity index is 2.18. The number of para-hydroxylation sites is 1. The monoisotopic (exact) mass is 297 g/mol. The molecule has 2 rings (SSSR count). The first-order valence-corrected chi connectivity index (χ1v) is 6.11. The fourth-order valence-corrected chi connectivity index (χ4v) is 2.32. The number of hydrogen-bond donors (Lipinski definition) is 2. The summed E-state index contributed by atoms with van der Waals surface area (Å²) in [6.45, 7) is 0. The lowest BCUT2D eigenvalue weighted by Gasteiger charge is -2.04. The predicted molar refractivity (Wildman–Crippen MR) is 68.6 cm³/mol. The Kier molecular flexibility index (Phi) is 3.21. The SMILES string of the molecule is Nc1ccccc1C(=O)Nc1nc(Br)cs1. The molecule has 0 saturated carbocycles. The van der Waals surface area contributed by atoms with Crippen LogP contribution in [0.25, 0.3) is 0 Å². The van der Waals surface area contributed by atoms with E-state index in [0.29, 0.717) is 21.0 Å². The molecule has 0 aliphatic heterocycles. The van der Waals surface area contributed by atoms with Crippen molar-refractivity contribution in [2.45, 2.75) is 0 Å². The highest BCUT2D eigenvalue weighted by atomic mass is 79.9. The molecule has 1 aromatic carbocycles. The molecule has 0 aliphatic rings. The van der Waals surface area contributed by atoms with E-state index >= 15 is 0 Å². The van der Waals surface area contributed by atoms with E-state index in [2.05, 4.69) is 26.2 Å². The molecule has 1 amide bonds. The molecule has 1 aromatic heterocycles. The molecule has 16 heavy (non-hydrogen) atoms. The van der Waals surface area contributed by atoms with Crippen LogP contribution in [0.5, 0.6) is 0 Å². The summed E-state index contributed by atoms with van der Waals surface area (Å²) in [4.78, 5) is 15.9. The van der Waals surface area contributed by atoms with Gasteiger partial charge in [0.15, 0.2) is 5.13 Å². The number of anilines is 2. The summed E-state index contributed by atoms with van der Waals surface area (Å²) in [5.74, 6) is -0.250. The maximum atomic E-state index is 11.8. The summed E-state index contributed by atoms with van der Waals surface area (Å²) in [7, 11) is 0. The molecule has 0 spiro atoms. The highest BCUT2D eigenvalue weighted by Crippen LogP contribution is 2.21. The van der Waals surface area contributed by atoms with E-state index < -0.39 is 0 Å². The third-order valence-electron chi connectivity index (χ3n) is 1.90. The Morgan fingerprint density at radius 2 is 2.19 bits per heavy atom. The van der Waals surface area contributed by atoms with Crippen LogP contribution < -0.4 is 11.1 Å². The van der Waals surface area contributed by atoms with Crippen molar-refractivity contribution >= 4 is 44.0 Å². The van der Waals surface area contributed by atoms with Crippen LogP contribution in [0.15, 0.2) is 34.2 Å². The van der Waals surface area contributed by atoms with E-state index in [9.17, 15) is 4.79 Å². The summed E-state index contributed by atoms with van der Waals surface area (Å²) in [6.07, 6.45) is 0. The minimum absolute atomic E-state index is 0.250. The van der Waals surface area contributed by atoms with Gasteiger partial charge in [0.1, 0.15) is 4.60 Å². The summed E-state index contributed by atoms with van der Waals surface area (Å²) in [5, 5.41) is 5.02. The fourth-order valence-electron chi connectivity index (χ4n) is 1.18. The molecule has 0 aliphatic carbocycles. The van der Waals surface area contributed by atoms with Crippen molar-refractivity contribution in [3.63, 3.8) is 0 Å². The zero-order valence-electron chi connectivity index (χ0n) is 8.11. The highest BCUT2D eigenvalue weighted by Gasteiger charge is 2.10. The lowest BCUT2D eigenvalue weighted by atomic mass is 10.2. The Morgan fingerprint density at radius 1 is 1.44 bits per heavy atom. The summed E-state index contributed by atoms with van der Waals surface area (Å²) < 4.78 is 0.703. The van der Waals surface area contributed by atoms with Crippen molar-refractivity contribution in [1.82, 2.24) is 4.98 Å². The van der Waals surface area contributed by atoms with Crippen molar-refractivity contribution in [1.29, 1.82) is 0 Å². The van der Waals surface area contributed by atoms with Gasteiger partial charge in [-0.1, -0.05) is 12.1 Å². The molecule has 0 bridgehead atoms.